The fraction of sp³-hybridized carbons (Fsp3) is 0.0649. The zero-order valence-corrected chi connectivity index (χ0v) is 43.7. The maximum atomic E-state index is 2.50. The molecule has 0 fully saturated rings. The van der Waals surface area contributed by atoms with Crippen LogP contribution in [-0.2, 0) is 16.2 Å². The number of hydrogen-bond donors (Lipinski definition) is 0. The molecule has 0 bridgehead atoms. The van der Waals surface area contributed by atoms with E-state index < -0.39 is 10.8 Å². The van der Waals surface area contributed by atoms with E-state index in [-0.39, 0.29) is 5.41 Å². The Morgan fingerprint density at radius 3 is 1.01 bits per heavy atom. The monoisotopic (exact) mass is 993 g/mol. The first-order valence-electron chi connectivity index (χ1n) is 27.4. The van der Waals surface area contributed by atoms with Crippen LogP contribution in [-0.4, -0.2) is 0 Å². The molecule has 0 heterocycles. The van der Waals surface area contributed by atoms with E-state index in [1.165, 1.54) is 111 Å². The summed E-state index contributed by atoms with van der Waals surface area (Å²) in [6.07, 6.45) is 0. The minimum Gasteiger partial charge on any atom is -0.310 e. The fourth-order valence-electron chi connectivity index (χ4n) is 14.4. The molecule has 0 atom stereocenters. The molecule has 0 radical (unpaired) electrons. The number of rotatable bonds is 9. The van der Waals surface area contributed by atoms with Crippen molar-refractivity contribution < 1.29 is 0 Å². The van der Waals surface area contributed by atoms with Crippen LogP contribution in [0.25, 0.3) is 55.6 Å². The number of anilines is 3. The largest absolute Gasteiger partial charge is 0.310 e. The van der Waals surface area contributed by atoms with Gasteiger partial charge in [0.25, 0.3) is 0 Å². The van der Waals surface area contributed by atoms with Crippen LogP contribution in [0.2, 0.25) is 0 Å². The second-order valence-electron chi connectivity index (χ2n) is 21.8. The molecule has 368 valence electrons. The van der Waals surface area contributed by atoms with Gasteiger partial charge in [-0.1, -0.05) is 275 Å². The molecule has 0 N–H and O–H groups in total. The Balaban J connectivity index is 0.936. The van der Waals surface area contributed by atoms with Gasteiger partial charge in [-0.3, -0.25) is 0 Å². The molecule has 0 saturated carbocycles. The van der Waals surface area contributed by atoms with Gasteiger partial charge in [0.1, 0.15) is 0 Å². The summed E-state index contributed by atoms with van der Waals surface area (Å²) in [5, 5.41) is 0. The van der Waals surface area contributed by atoms with E-state index in [1.807, 2.05) is 0 Å². The summed E-state index contributed by atoms with van der Waals surface area (Å²) >= 11 is 0. The normalized spacial score (nSPS) is 14.3. The highest BCUT2D eigenvalue weighted by Gasteiger charge is 2.48. The van der Waals surface area contributed by atoms with Crippen molar-refractivity contribution in [2.24, 2.45) is 0 Å². The lowest BCUT2D eigenvalue weighted by molar-refractivity contribution is 0.660. The maximum absolute atomic E-state index is 2.50. The van der Waals surface area contributed by atoms with Gasteiger partial charge in [-0.15, -0.1) is 0 Å². The smallest absolute Gasteiger partial charge is 0.0713 e. The highest BCUT2D eigenvalue weighted by Crippen LogP contribution is 2.61. The summed E-state index contributed by atoms with van der Waals surface area (Å²) in [5.74, 6) is 0. The standard InChI is InChI=1S/C77H55N/c1-75(2)67-42-18-15-37-63(67)64-48-47-60(51-72(64)75)78(58-35-21-25-52(49-58)61-40-23-45-70-73(61)65-38-16-19-43-68(65)76(70,54-27-7-3-8-28-54)55-29-9-4-10-30-55)59-36-22-26-53(50-59)62-41-24-46-71-74(62)66-39-17-20-44-69(66)77(71,56-31-11-5-12-32-56)57-33-13-6-14-34-57/h3-51H,1-2H3. The molecule has 78 heavy (non-hydrogen) atoms. The molecule has 0 saturated heterocycles. The molecular weight excluding hydrogens is 939 g/mol. The Kier molecular flexibility index (Phi) is 10.4. The third-order valence-electron chi connectivity index (χ3n) is 17.6. The van der Waals surface area contributed by atoms with E-state index in [0.717, 1.165) is 17.1 Å². The van der Waals surface area contributed by atoms with Gasteiger partial charge in [-0.25, -0.2) is 0 Å². The van der Waals surface area contributed by atoms with Gasteiger partial charge in [0.15, 0.2) is 0 Å². The van der Waals surface area contributed by atoms with Crippen LogP contribution in [0.3, 0.4) is 0 Å². The molecule has 3 aliphatic rings. The van der Waals surface area contributed by atoms with Crippen molar-refractivity contribution in [1.29, 1.82) is 0 Å². The van der Waals surface area contributed by atoms with Gasteiger partial charge in [-0.2, -0.15) is 0 Å². The van der Waals surface area contributed by atoms with Crippen molar-refractivity contribution in [1.82, 2.24) is 0 Å². The molecule has 15 rings (SSSR count). The van der Waals surface area contributed by atoms with Crippen LogP contribution in [0.5, 0.6) is 0 Å². The first kappa shape index (κ1) is 45.8. The predicted octanol–water partition coefficient (Wildman–Crippen LogP) is 19.5. The summed E-state index contributed by atoms with van der Waals surface area (Å²) in [6.45, 7) is 4.76. The van der Waals surface area contributed by atoms with Crippen LogP contribution in [0.15, 0.2) is 297 Å². The van der Waals surface area contributed by atoms with E-state index in [9.17, 15) is 0 Å². The van der Waals surface area contributed by atoms with Gasteiger partial charge in [-0.05, 0) is 148 Å². The van der Waals surface area contributed by atoms with Crippen molar-refractivity contribution >= 4 is 17.1 Å². The van der Waals surface area contributed by atoms with E-state index in [2.05, 4.69) is 316 Å². The van der Waals surface area contributed by atoms with Crippen molar-refractivity contribution in [2.75, 3.05) is 4.90 Å². The molecule has 12 aromatic carbocycles. The molecule has 0 unspecified atom stereocenters. The van der Waals surface area contributed by atoms with Crippen LogP contribution < -0.4 is 4.90 Å². The first-order chi connectivity index (χ1) is 38.5. The molecule has 1 nitrogen and oxygen atoms in total. The van der Waals surface area contributed by atoms with E-state index in [0.29, 0.717) is 0 Å². The number of fused-ring (bicyclic) bond motifs is 9. The minimum absolute atomic E-state index is 0.179. The average molecular weight is 994 g/mol. The SMILES string of the molecule is CC1(C)c2ccccc2-c2ccc(N(c3cccc(-c4cccc5c4-c4ccccc4C5(c4ccccc4)c4ccccc4)c3)c3cccc(-c4cccc5c4-c4ccccc4C5(c4ccccc4)c4ccccc4)c3)cc21. The Bertz CT molecular complexity index is 3980. The van der Waals surface area contributed by atoms with Gasteiger partial charge in [0.05, 0.1) is 10.8 Å². The van der Waals surface area contributed by atoms with Gasteiger partial charge in [0, 0.05) is 22.5 Å². The Labute approximate surface area is 458 Å². The van der Waals surface area contributed by atoms with Crippen LogP contribution >= 0.6 is 0 Å². The van der Waals surface area contributed by atoms with Crippen molar-refractivity contribution in [3.05, 3.63) is 353 Å². The summed E-state index contributed by atoms with van der Waals surface area (Å²) in [5.41, 5.74) is 27.6. The fourth-order valence-corrected chi connectivity index (χ4v) is 14.4. The summed E-state index contributed by atoms with van der Waals surface area (Å²) in [7, 11) is 0. The van der Waals surface area contributed by atoms with E-state index >= 15 is 0 Å². The predicted molar refractivity (Wildman–Crippen MR) is 324 cm³/mol. The maximum Gasteiger partial charge on any atom is 0.0713 e. The topological polar surface area (TPSA) is 3.24 Å². The lowest BCUT2D eigenvalue weighted by Gasteiger charge is -2.34. The molecule has 0 spiro atoms. The average Bonchev–Trinajstić information content (AvgIpc) is 4.20. The number of benzene rings is 12. The lowest BCUT2D eigenvalue weighted by atomic mass is 9.67. The number of nitrogens with zero attached hydrogens (tertiary/aromatic N) is 1. The van der Waals surface area contributed by atoms with Crippen LogP contribution in [0.1, 0.15) is 69.5 Å². The van der Waals surface area contributed by atoms with E-state index in [1.54, 1.807) is 0 Å². The summed E-state index contributed by atoms with van der Waals surface area (Å²) in [4.78, 5) is 2.50. The van der Waals surface area contributed by atoms with E-state index in [4.69, 9.17) is 0 Å². The Morgan fingerprint density at radius 2 is 0.564 bits per heavy atom. The quantitative estimate of drug-likeness (QED) is 0.139. The van der Waals surface area contributed by atoms with Crippen molar-refractivity contribution in [2.45, 2.75) is 30.1 Å². The van der Waals surface area contributed by atoms with Gasteiger partial charge >= 0.3 is 0 Å². The molecule has 0 amide bonds. The van der Waals surface area contributed by atoms with Gasteiger partial charge < -0.3 is 4.90 Å². The molecule has 12 aromatic rings. The molecule has 3 aliphatic carbocycles. The zero-order valence-electron chi connectivity index (χ0n) is 43.7. The third kappa shape index (κ3) is 6.55. The summed E-state index contributed by atoms with van der Waals surface area (Å²) < 4.78 is 0. The highest BCUT2D eigenvalue weighted by molar-refractivity contribution is 5.99. The Hall–Kier alpha value is -9.56. The first-order valence-corrected chi connectivity index (χ1v) is 27.4. The molecule has 1 heteroatoms. The third-order valence-corrected chi connectivity index (χ3v) is 17.6. The van der Waals surface area contributed by atoms with Gasteiger partial charge in [0.2, 0.25) is 0 Å². The summed E-state index contributed by atoms with van der Waals surface area (Å²) in [6, 6.07) is 111. The molecule has 0 aliphatic heterocycles. The highest BCUT2D eigenvalue weighted by atomic mass is 15.1. The lowest BCUT2D eigenvalue weighted by Crippen LogP contribution is -2.28. The van der Waals surface area contributed by atoms with Crippen LogP contribution in [0, 0.1) is 0 Å². The zero-order chi connectivity index (χ0) is 52.0. The Morgan fingerprint density at radius 1 is 0.231 bits per heavy atom. The second kappa shape index (κ2) is 17.8. The number of hydrogen-bond acceptors (Lipinski definition) is 1. The minimum atomic E-state index is -0.497. The van der Waals surface area contributed by atoms with Crippen LogP contribution in [0.4, 0.5) is 17.1 Å². The molecule has 0 aromatic heterocycles. The van der Waals surface area contributed by atoms with Crippen molar-refractivity contribution in [3.63, 3.8) is 0 Å². The molecular formula is C77H55N. The van der Waals surface area contributed by atoms with Crippen molar-refractivity contribution in [3.8, 4) is 55.6 Å². The second-order valence-corrected chi connectivity index (χ2v) is 21.8.